The van der Waals surface area contributed by atoms with Crippen molar-refractivity contribution in [2.45, 2.75) is 24.8 Å². The number of aryl methyl sites for hydroxylation is 1. The largest absolute Gasteiger partial charge is 0.493 e. The van der Waals surface area contributed by atoms with Gasteiger partial charge in [0.2, 0.25) is 0 Å². The lowest BCUT2D eigenvalue weighted by Crippen LogP contribution is -2.27. The fraction of sp³-hybridized carbons (Fsp3) is 0.208. The normalized spacial score (nSPS) is 12.0. The fourth-order valence-electron chi connectivity index (χ4n) is 3.17. The van der Waals surface area contributed by atoms with Gasteiger partial charge in [-0.2, -0.15) is 0 Å². The van der Waals surface area contributed by atoms with Gasteiger partial charge in [-0.3, -0.25) is 9.52 Å². The summed E-state index contributed by atoms with van der Waals surface area (Å²) in [6.07, 6.45) is 0. The monoisotopic (exact) mass is 488 g/mol. The number of sulfonamides is 1. The van der Waals surface area contributed by atoms with Crippen LogP contribution >= 0.6 is 11.6 Å². The van der Waals surface area contributed by atoms with Crippen LogP contribution in [0.3, 0.4) is 0 Å². The number of nitrogens with one attached hydrogen (secondary N) is 2. The zero-order valence-corrected chi connectivity index (χ0v) is 20.3. The van der Waals surface area contributed by atoms with Crippen molar-refractivity contribution in [2.24, 2.45) is 0 Å². The van der Waals surface area contributed by atoms with Crippen LogP contribution in [-0.4, -0.2) is 28.5 Å². The summed E-state index contributed by atoms with van der Waals surface area (Å²) in [6.45, 7) is 3.71. The van der Waals surface area contributed by atoms with Gasteiger partial charge in [0.05, 0.1) is 25.3 Å². The van der Waals surface area contributed by atoms with Crippen molar-refractivity contribution < 1.29 is 22.7 Å². The number of carbonyl (C=O) groups is 1. The van der Waals surface area contributed by atoms with Crippen LogP contribution < -0.4 is 19.5 Å². The van der Waals surface area contributed by atoms with Crippen LogP contribution in [0.2, 0.25) is 5.02 Å². The van der Waals surface area contributed by atoms with Gasteiger partial charge in [-0.05, 0) is 61.9 Å². The molecule has 0 unspecified atom stereocenters. The van der Waals surface area contributed by atoms with E-state index in [1.165, 1.54) is 25.3 Å². The molecular formula is C24H25ClN2O5S. The highest BCUT2D eigenvalue weighted by atomic mass is 35.5. The third kappa shape index (κ3) is 5.77. The van der Waals surface area contributed by atoms with Gasteiger partial charge in [-0.15, -0.1) is 0 Å². The van der Waals surface area contributed by atoms with E-state index in [9.17, 15) is 13.2 Å². The molecule has 0 spiro atoms. The number of carbonyl (C=O) groups excluding carboxylic acids is 1. The van der Waals surface area contributed by atoms with Gasteiger partial charge < -0.3 is 14.8 Å². The van der Waals surface area contributed by atoms with E-state index in [1.807, 2.05) is 19.9 Å². The Hall–Kier alpha value is -3.23. The molecule has 0 saturated heterocycles. The first-order chi connectivity index (χ1) is 15.6. The van der Waals surface area contributed by atoms with E-state index in [4.69, 9.17) is 21.1 Å². The maximum absolute atomic E-state index is 12.9. The van der Waals surface area contributed by atoms with Gasteiger partial charge in [0.15, 0.2) is 11.5 Å². The van der Waals surface area contributed by atoms with Gasteiger partial charge >= 0.3 is 0 Å². The highest BCUT2D eigenvalue weighted by molar-refractivity contribution is 7.92. The molecule has 0 aliphatic rings. The number of rotatable bonds is 8. The highest BCUT2D eigenvalue weighted by Gasteiger charge is 2.21. The smallest absolute Gasteiger partial charge is 0.263 e. The summed E-state index contributed by atoms with van der Waals surface area (Å²) >= 11 is 6.16. The van der Waals surface area contributed by atoms with E-state index in [2.05, 4.69) is 10.0 Å². The van der Waals surface area contributed by atoms with Crippen LogP contribution in [0.5, 0.6) is 11.5 Å². The first-order valence-electron chi connectivity index (χ1n) is 10.1. The molecule has 0 fully saturated rings. The molecule has 0 bridgehead atoms. The lowest BCUT2D eigenvalue weighted by molar-refractivity contribution is 0.0939. The Morgan fingerprint density at radius 1 is 0.939 bits per heavy atom. The van der Waals surface area contributed by atoms with E-state index in [-0.39, 0.29) is 21.5 Å². The van der Waals surface area contributed by atoms with Crippen LogP contribution in [0.25, 0.3) is 0 Å². The highest BCUT2D eigenvalue weighted by Crippen LogP contribution is 2.30. The lowest BCUT2D eigenvalue weighted by atomic mass is 10.1. The molecule has 33 heavy (non-hydrogen) atoms. The average Bonchev–Trinajstić information content (AvgIpc) is 2.79. The van der Waals surface area contributed by atoms with Gasteiger partial charge in [-0.25, -0.2) is 8.42 Å². The predicted molar refractivity (Wildman–Crippen MR) is 129 cm³/mol. The van der Waals surface area contributed by atoms with Crippen LogP contribution in [0.4, 0.5) is 5.69 Å². The number of hydrogen-bond donors (Lipinski definition) is 2. The molecule has 0 aliphatic carbocycles. The zero-order chi connectivity index (χ0) is 24.2. The van der Waals surface area contributed by atoms with Crippen molar-refractivity contribution in [3.63, 3.8) is 0 Å². The van der Waals surface area contributed by atoms with Crippen LogP contribution in [-0.2, 0) is 10.0 Å². The average molecular weight is 489 g/mol. The Bertz CT molecular complexity index is 1260. The second kappa shape index (κ2) is 10.1. The molecule has 2 N–H and O–H groups in total. The van der Waals surface area contributed by atoms with Crippen molar-refractivity contribution in [1.29, 1.82) is 0 Å². The Morgan fingerprint density at radius 3 is 2.24 bits per heavy atom. The van der Waals surface area contributed by atoms with E-state index in [0.717, 1.165) is 11.1 Å². The third-order valence-corrected chi connectivity index (χ3v) is 6.90. The number of anilines is 1. The topological polar surface area (TPSA) is 93.7 Å². The van der Waals surface area contributed by atoms with Gasteiger partial charge in [0, 0.05) is 11.3 Å². The molecule has 9 heteroatoms. The minimum atomic E-state index is -4.00. The summed E-state index contributed by atoms with van der Waals surface area (Å²) in [5, 5.41) is 2.87. The number of halogens is 1. The third-order valence-electron chi connectivity index (χ3n) is 5.04. The zero-order valence-electron chi connectivity index (χ0n) is 18.7. The number of hydrogen-bond acceptors (Lipinski definition) is 5. The summed E-state index contributed by atoms with van der Waals surface area (Å²) < 4.78 is 38.8. The maximum atomic E-state index is 12.9. The van der Waals surface area contributed by atoms with Crippen LogP contribution in [0.15, 0.2) is 65.6 Å². The molecule has 0 aliphatic heterocycles. The minimum absolute atomic E-state index is 0.0131. The van der Waals surface area contributed by atoms with E-state index < -0.39 is 15.9 Å². The van der Waals surface area contributed by atoms with Crippen molar-refractivity contribution in [3.8, 4) is 11.5 Å². The Balaban J connectivity index is 1.82. The summed E-state index contributed by atoms with van der Waals surface area (Å²) in [6, 6.07) is 16.0. The molecule has 3 aromatic rings. The van der Waals surface area contributed by atoms with Crippen LogP contribution in [0.1, 0.15) is 34.5 Å². The minimum Gasteiger partial charge on any atom is -0.493 e. The van der Waals surface area contributed by atoms with Gasteiger partial charge in [0.25, 0.3) is 15.9 Å². The molecule has 1 atom stereocenters. The SMILES string of the molecule is COc1ccc([C@@H](C)NC(=O)c2ccc(Cl)c(S(=O)(=O)Nc3ccc(C)cc3)c2)cc1OC. The van der Waals surface area contributed by atoms with Crippen molar-refractivity contribution in [1.82, 2.24) is 5.32 Å². The van der Waals surface area contributed by atoms with E-state index >= 15 is 0 Å². The molecule has 0 heterocycles. The maximum Gasteiger partial charge on any atom is 0.263 e. The number of ether oxygens (including phenoxy) is 2. The molecule has 3 rings (SSSR count). The van der Waals surface area contributed by atoms with Crippen LogP contribution in [0, 0.1) is 6.92 Å². The molecule has 7 nitrogen and oxygen atoms in total. The lowest BCUT2D eigenvalue weighted by Gasteiger charge is -2.17. The molecule has 174 valence electrons. The van der Waals surface area contributed by atoms with E-state index in [1.54, 1.807) is 43.5 Å². The fourth-order valence-corrected chi connectivity index (χ4v) is 4.75. The first kappa shape index (κ1) is 24.4. The predicted octanol–water partition coefficient (Wildman–Crippen LogP) is 4.96. The Labute approximate surface area is 198 Å². The van der Waals surface area contributed by atoms with Crippen molar-refractivity contribution >= 4 is 33.2 Å². The molecule has 0 aromatic heterocycles. The van der Waals surface area contributed by atoms with Gasteiger partial charge in [0.1, 0.15) is 4.90 Å². The second-order valence-electron chi connectivity index (χ2n) is 7.43. The van der Waals surface area contributed by atoms with Crippen molar-refractivity contribution in [2.75, 3.05) is 18.9 Å². The second-order valence-corrected chi connectivity index (χ2v) is 9.48. The Kier molecular flexibility index (Phi) is 7.50. The summed E-state index contributed by atoms with van der Waals surface area (Å²) in [4.78, 5) is 12.7. The quantitative estimate of drug-likeness (QED) is 0.467. The molecule has 3 aromatic carbocycles. The Morgan fingerprint density at radius 2 is 1.61 bits per heavy atom. The molecule has 0 saturated carbocycles. The van der Waals surface area contributed by atoms with Crippen molar-refractivity contribution in [3.05, 3.63) is 82.4 Å². The molecular weight excluding hydrogens is 464 g/mol. The molecule has 1 amide bonds. The number of benzene rings is 3. The summed E-state index contributed by atoms with van der Waals surface area (Å²) in [5.41, 5.74) is 2.35. The van der Waals surface area contributed by atoms with E-state index in [0.29, 0.717) is 17.2 Å². The first-order valence-corrected chi connectivity index (χ1v) is 11.9. The standard InChI is InChI=1S/C24H25ClN2O5S/c1-15-5-9-19(10-6-15)27-33(29,30)23-14-18(7-11-20(23)25)24(28)26-16(2)17-8-12-21(31-3)22(13-17)32-4/h5-14,16,27H,1-4H3,(H,26,28)/t16-/m1/s1. The number of amides is 1. The summed E-state index contributed by atoms with van der Waals surface area (Å²) in [7, 11) is -0.925. The summed E-state index contributed by atoms with van der Waals surface area (Å²) in [5.74, 6) is 0.673. The molecule has 0 radical (unpaired) electrons. The number of methoxy groups -OCH3 is 2. The van der Waals surface area contributed by atoms with Gasteiger partial charge in [-0.1, -0.05) is 35.4 Å².